The lowest BCUT2D eigenvalue weighted by atomic mass is 10.0. The van der Waals surface area contributed by atoms with Gasteiger partial charge >= 0.3 is 5.92 Å². The topological polar surface area (TPSA) is 51.2 Å². The van der Waals surface area contributed by atoms with Crippen molar-refractivity contribution < 1.29 is 18.3 Å². The summed E-state index contributed by atoms with van der Waals surface area (Å²) in [6.45, 7) is 5.45. The first-order chi connectivity index (χ1) is 12.7. The zero-order chi connectivity index (χ0) is 20.0. The molecule has 0 saturated carbocycles. The van der Waals surface area contributed by atoms with E-state index >= 15 is 0 Å². The predicted octanol–water partition coefficient (Wildman–Crippen LogP) is 4.81. The summed E-state index contributed by atoms with van der Waals surface area (Å²) in [5.74, 6) is -3.05. The Bertz CT molecular complexity index is 823. The van der Waals surface area contributed by atoms with Gasteiger partial charge in [-0.3, -0.25) is 9.78 Å². The summed E-state index contributed by atoms with van der Waals surface area (Å²) < 4.78 is 34.9. The molecule has 4 nitrogen and oxygen atoms in total. The lowest BCUT2D eigenvalue weighted by Gasteiger charge is -2.18. The van der Waals surface area contributed by atoms with Gasteiger partial charge in [0.25, 0.3) is 0 Å². The maximum atomic E-state index is 14.8. The zero-order valence-corrected chi connectivity index (χ0v) is 16.1. The number of aromatic nitrogens is 1. The van der Waals surface area contributed by atoms with Crippen LogP contribution >= 0.6 is 11.6 Å². The summed E-state index contributed by atoms with van der Waals surface area (Å²) >= 11 is 6.02. The fourth-order valence-corrected chi connectivity index (χ4v) is 2.75. The molecule has 0 aliphatic carbocycles. The average molecular weight is 395 g/mol. The maximum absolute atomic E-state index is 14.8. The lowest BCUT2D eigenvalue weighted by molar-refractivity contribution is -0.119. The summed E-state index contributed by atoms with van der Waals surface area (Å²) in [5, 5.41) is 2.62. The molecule has 2 aromatic rings. The smallest absolute Gasteiger partial charge is 0.316 e. The third-order valence-corrected chi connectivity index (χ3v) is 4.02. The van der Waals surface area contributed by atoms with Crippen molar-refractivity contribution >= 4 is 23.6 Å². The van der Waals surface area contributed by atoms with Crippen LogP contribution in [0.3, 0.4) is 0 Å². The van der Waals surface area contributed by atoms with Gasteiger partial charge in [-0.1, -0.05) is 29.8 Å². The molecule has 2 rings (SSSR count). The van der Waals surface area contributed by atoms with Crippen molar-refractivity contribution in [1.29, 1.82) is 0 Å². The largest absolute Gasteiger partial charge is 0.494 e. The molecule has 0 unspecified atom stereocenters. The summed E-state index contributed by atoms with van der Waals surface area (Å²) in [5.41, 5.74) is -0.0899. The highest BCUT2D eigenvalue weighted by Gasteiger charge is 2.37. The van der Waals surface area contributed by atoms with Crippen molar-refractivity contribution in [1.82, 2.24) is 10.3 Å². The molecular weight excluding hydrogens is 374 g/mol. The first-order valence-electron chi connectivity index (χ1n) is 8.46. The van der Waals surface area contributed by atoms with Gasteiger partial charge in [-0.25, -0.2) is 0 Å². The van der Waals surface area contributed by atoms with Crippen molar-refractivity contribution in [3.63, 3.8) is 0 Å². The van der Waals surface area contributed by atoms with Crippen LogP contribution in [0.1, 0.15) is 37.6 Å². The Balaban J connectivity index is 2.20. The lowest BCUT2D eigenvalue weighted by Crippen LogP contribution is -2.28. The van der Waals surface area contributed by atoms with Crippen LogP contribution in [0.4, 0.5) is 8.78 Å². The van der Waals surface area contributed by atoms with Gasteiger partial charge in [0.2, 0.25) is 5.91 Å². The zero-order valence-electron chi connectivity index (χ0n) is 15.3. The minimum absolute atomic E-state index is 0.0825. The Kier molecular flexibility index (Phi) is 6.91. The quantitative estimate of drug-likeness (QED) is 0.733. The molecule has 0 aliphatic heterocycles. The first-order valence-corrected chi connectivity index (χ1v) is 8.84. The third-order valence-electron chi connectivity index (χ3n) is 3.71. The Morgan fingerprint density at radius 2 is 2.11 bits per heavy atom. The van der Waals surface area contributed by atoms with Gasteiger partial charge in [-0.2, -0.15) is 8.78 Å². The summed E-state index contributed by atoms with van der Waals surface area (Å²) in [6, 6.07) is 6.70. The van der Waals surface area contributed by atoms with Crippen LogP contribution in [0, 0.1) is 0 Å². The fraction of sp³-hybridized carbons (Fsp3) is 0.300. The van der Waals surface area contributed by atoms with E-state index < -0.39 is 11.6 Å². The fourth-order valence-electron chi connectivity index (χ4n) is 2.46. The molecule has 27 heavy (non-hydrogen) atoms. The summed E-state index contributed by atoms with van der Waals surface area (Å²) in [7, 11) is 0. The van der Waals surface area contributed by atoms with Crippen LogP contribution in [0.5, 0.6) is 5.75 Å². The molecule has 0 fully saturated rings. The molecule has 0 spiro atoms. The van der Waals surface area contributed by atoms with Crippen molar-refractivity contribution in [2.75, 3.05) is 6.61 Å². The number of ether oxygens (including phenoxy) is 1. The van der Waals surface area contributed by atoms with Gasteiger partial charge in [0.1, 0.15) is 11.4 Å². The Morgan fingerprint density at radius 3 is 2.67 bits per heavy atom. The number of hydrogen-bond acceptors (Lipinski definition) is 3. The van der Waals surface area contributed by atoms with Gasteiger partial charge in [0.15, 0.2) is 0 Å². The van der Waals surface area contributed by atoms with Crippen molar-refractivity contribution in [3.05, 3.63) is 64.4 Å². The Morgan fingerprint density at radius 1 is 1.37 bits per heavy atom. The van der Waals surface area contributed by atoms with E-state index in [1.807, 2.05) is 6.92 Å². The molecule has 1 aromatic carbocycles. The first kappa shape index (κ1) is 20.8. The Hall–Kier alpha value is -2.47. The van der Waals surface area contributed by atoms with Crippen LogP contribution in [0.2, 0.25) is 5.02 Å². The van der Waals surface area contributed by atoms with E-state index in [9.17, 15) is 13.6 Å². The van der Waals surface area contributed by atoms with E-state index in [2.05, 4.69) is 10.3 Å². The number of alkyl halides is 2. The highest BCUT2D eigenvalue weighted by Crippen LogP contribution is 2.39. The summed E-state index contributed by atoms with van der Waals surface area (Å²) in [6.07, 6.45) is 4.81. The van der Waals surface area contributed by atoms with Gasteiger partial charge < -0.3 is 10.1 Å². The number of halogens is 3. The van der Waals surface area contributed by atoms with Crippen LogP contribution in [-0.4, -0.2) is 23.5 Å². The van der Waals surface area contributed by atoms with E-state index in [0.29, 0.717) is 17.9 Å². The number of amides is 1. The minimum Gasteiger partial charge on any atom is -0.494 e. The maximum Gasteiger partial charge on any atom is 0.316 e. The number of pyridine rings is 1. The average Bonchev–Trinajstić information content (AvgIpc) is 2.60. The molecule has 1 atom stereocenters. The molecule has 144 valence electrons. The number of rotatable bonds is 7. The molecule has 1 N–H and O–H groups in total. The number of benzene rings is 1. The van der Waals surface area contributed by atoms with Crippen LogP contribution in [0.15, 0.2) is 42.6 Å². The second-order valence-corrected chi connectivity index (χ2v) is 6.38. The van der Waals surface area contributed by atoms with Crippen molar-refractivity contribution in [3.8, 4) is 5.75 Å². The number of carbonyl (C=O) groups is 1. The highest BCUT2D eigenvalue weighted by molar-refractivity contribution is 6.31. The molecule has 0 radical (unpaired) electrons. The molecule has 0 saturated heterocycles. The molecule has 0 bridgehead atoms. The standard InChI is InChI=1S/C20H21ClF2N2O2/c1-4-27-16-8-9-17(18(21)11-16)20(22,23)19-10-7-15(12-24-19)6-5-13(2)25-14(3)26/h5-13H,4H2,1-3H3,(H,25,26)/b6-5+/t13-/m0/s1. The van der Waals surface area contributed by atoms with E-state index in [-0.39, 0.29) is 22.5 Å². The van der Waals surface area contributed by atoms with E-state index in [1.54, 1.807) is 19.1 Å². The van der Waals surface area contributed by atoms with E-state index in [0.717, 1.165) is 0 Å². The highest BCUT2D eigenvalue weighted by atomic mass is 35.5. The van der Waals surface area contributed by atoms with Crippen molar-refractivity contribution in [2.24, 2.45) is 0 Å². The molecule has 1 aromatic heterocycles. The SMILES string of the molecule is CCOc1ccc(C(F)(F)c2ccc(/C=C/[C@H](C)NC(C)=O)cn2)c(Cl)c1. The number of nitrogens with zero attached hydrogens (tertiary/aromatic N) is 1. The van der Waals surface area contributed by atoms with Crippen molar-refractivity contribution in [2.45, 2.75) is 32.7 Å². The van der Waals surface area contributed by atoms with E-state index in [1.165, 1.54) is 43.5 Å². The monoisotopic (exact) mass is 394 g/mol. The molecule has 0 aliphatic rings. The normalized spacial score (nSPS) is 12.8. The van der Waals surface area contributed by atoms with E-state index in [4.69, 9.17) is 16.3 Å². The molecule has 7 heteroatoms. The molecule has 1 amide bonds. The summed E-state index contributed by atoms with van der Waals surface area (Å²) in [4.78, 5) is 14.9. The number of hydrogen-bond donors (Lipinski definition) is 1. The number of carbonyl (C=O) groups excluding carboxylic acids is 1. The van der Waals surface area contributed by atoms with Gasteiger partial charge in [-0.05, 0) is 43.7 Å². The van der Waals surface area contributed by atoms with Crippen LogP contribution in [0.25, 0.3) is 6.08 Å². The predicted molar refractivity (Wildman–Crippen MR) is 102 cm³/mol. The number of nitrogens with one attached hydrogen (secondary N) is 1. The molecular formula is C20H21ClF2N2O2. The third kappa shape index (κ3) is 5.50. The van der Waals surface area contributed by atoms with Crippen LogP contribution in [-0.2, 0) is 10.7 Å². The van der Waals surface area contributed by atoms with Gasteiger partial charge in [0, 0.05) is 24.7 Å². The van der Waals surface area contributed by atoms with Gasteiger partial charge in [-0.15, -0.1) is 0 Å². The van der Waals surface area contributed by atoms with Crippen LogP contribution < -0.4 is 10.1 Å². The van der Waals surface area contributed by atoms with Gasteiger partial charge in [0.05, 0.1) is 11.6 Å². The second-order valence-electron chi connectivity index (χ2n) is 5.97. The second kappa shape index (κ2) is 8.95. The minimum atomic E-state index is -3.34. The molecule has 1 heterocycles. The Labute approximate surface area is 162 Å².